The number of nitrogens with zero attached hydrogens (tertiary/aromatic N) is 1. The number of nitrogens with one attached hydrogen (secondary N) is 2. The molecule has 0 aliphatic rings. The van der Waals surface area contributed by atoms with Gasteiger partial charge in [0.2, 0.25) is 0 Å². The van der Waals surface area contributed by atoms with Gasteiger partial charge in [0.15, 0.2) is 16.3 Å². The number of fused-ring (bicyclic) bond motifs is 1. The summed E-state index contributed by atoms with van der Waals surface area (Å²) in [7, 11) is 3.02. The zero-order chi connectivity index (χ0) is 22.8. The number of benzene rings is 3. The Morgan fingerprint density at radius 2 is 1.78 bits per heavy atom. The van der Waals surface area contributed by atoms with Crippen molar-refractivity contribution in [3.8, 4) is 17.2 Å². The minimum absolute atomic E-state index is 0.0643. The lowest BCUT2D eigenvalue weighted by Crippen LogP contribution is -2.21. The summed E-state index contributed by atoms with van der Waals surface area (Å²) in [4.78, 5) is 28.7. The van der Waals surface area contributed by atoms with Gasteiger partial charge < -0.3 is 19.8 Å². The highest BCUT2D eigenvalue weighted by Crippen LogP contribution is 2.29. The molecule has 4 aromatic rings. The molecule has 0 radical (unpaired) electrons. The number of anilines is 1. The minimum atomic E-state index is -0.543. The molecule has 0 bridgehead atoms. The van der Waals surface area contributed by atoms with Gasteiger partial charge in [-0.3, -0.25) is 14.2 Å². The van der Waals surface area contributed by atoms with Gasteiger partial charge in [0.1, 0.15) is 5.82 Å². The zero-order valence-electron chi connectivity index (χ0n) is 17.1. The number of para-hydroxylation sites is 1. The fourth-order valence-corrected chi connectivity index (χ4v) is 3.61. The normalized spacial score (nSPS) is 10.7. The summed E-state index contributed by atoms with van der Waals surface area (Å²) >= 11 is 5.41. The van der Waals surface area contributed by atoms with Crippen LogP contribution in [0.25, 0.3) is 16.6 Å². The van der Waals surface area contributed by atoms with Crippen LogP contribution in [0.4, 0.5) is 10.1 Å². The van der Waals surface area contributed by atoms with Crippen molar-refractivity contribution in [3.63, 3.8) is 0 Å². The summed E-state index contributed by atoms with van der Waals surface area (Å²) in [5, 5.41) is 2.85. The zero-order valence-corrected chi connectivity index (χ0v) is 18.0. The van der Waals surface area contributed by atoms with Crippen molar-refractivity contribution in [2.24, 2.45) is 0 Å². The number of carbonyl (C=O) groups is 1. The van der Waals surface area contributed by atoms with Crippen LogP contribution >= 0.6 is 12.2 Å². The molecule has 0 spiro atoms. The van der Waals surface area contributed by atoms with Crippen molar-refractivity contribution < 1.29 is 18.7 Å². The Hall–Kier alpha value is -3.98. The minimum Gasteiger partial charge on any atom is -0.493 e. The number of H-pyrrole nitrogens is 1. The Morgan fingerprint density at radius 3 is 2.50 bits per heavy atom. The fraction of sp³-hybridized carbons (Fsp3) is 0.0870. The summed E-state index contributed by atoms with van der Waals surface area (Å²) < 4.78 is 25.9. The molecule has 0 fully saturated rings. The van der Waals surface area contributed by atoms with E-state index in [1.54, 1.807) is 24.3 Å². The van der Waals surface area contributed by atoms with Crippen LogP contribution in [0.1, 0.15) is 10.4 Å². The number of amides is 1. The molecule has 4 rings (SSSR count). The summed E-state index contributed by atoms with van der Waals surface area (Å²) in [5.74, 6) is -0.0868. The first-order valence-corrected chi connectivity index (χ1v) is 9.91. The Balaban J connectivity index is 1.76. The van der Waals surface area contributed by atoms with Crippen LogP contribution < -0.4 is 20.3 Å². The van der Waals surface area contributed by atoms with E-state index in [9.17, 15) is 14.0 Å². The Bertz CT molecular complexity index is 1460. The van der Waals surface area contributed by atoms with E-state index in [2.05, 4.69) is 10.3 Å². The maximum Gasteiger partial charge on any atom is 0.266 e. The number of rotatable bonds is 5. The fourth-order valence-electron chi connectivity index (χ4n) is 3.31. The van der Waals surface area contributed by atoms with Crippen LogP contribution in [-0.4, -0.2) is 29.7 Å². The van der Waals surface area contributed by atoms with E-state index in [0.29, 0.717) is 28.1 Å². The first-order valence-electron chi connectivity index (χ1n) is 9.50. The van der Waals surface area contributed by atoms with E-state index in [-0.39, 0.29) is 21.6 Å². The van der Waals surface area contributed by atoms with Crippen molar-refractivity contribution in [1.29, 1.82) is 0 Å². The molecule has 0 unspecified atom stereocenters. The summed E-state index contributed by atoms with van der Waals surface area (Å²) in [6.07, 6.45) is 0. The predicted molar refractivity (Wildman–Crippen MR) is 122 cm³/mol. The van der Waals surface area contributed by atoms with Crippen LogP contribution in [0.2, 0.25) is 0 Å². The maximum atomic E-state index is 13.8. The van der Waals surface area contributed by atoms with Gasteiger partial charge in [-0.2, -0.15) is 0 Å². The highest BCUT2D eigenvalue weighted by Gasteiger charge is 2.14. The van der Waals surface area contributed by atoms with E-state index in [1.165, 1.54) is 55.2 Å². The number of aromatic nitrogens is 2. The van der Waals surface area contributed by atoms with Crippen molar-refractivity contribution in [2.45, 2.75) is 0 Å². The molecule has 0 saturated heterocycles. The summed E-state index contributed by atoms with van der Waals surface area (Å²) in [6, 6.07) is 15.4. The standard InChI is InChI=1S/C23H18FN3O4S/c1-30-19-10-8-14(12-20(19)31-2)27-22(29)15-9-7-13(11-18(15)26-23(27)32)21(28)25-17-6-4-3-5-16(17)24/h3-12H,1-2H3,(H,25,28)(H,26,32). The highest BCUT2D eigenvalue weighted by atomic mass is 32.1. The van der Waals surface area contributed by atoms with Crippen LogP contribution in [0.5, 0.6) is 11.5 Å². The Labute approximate surface area is 187 Å². The van der Waals surface area contributed by atoms with Crippen molar-refractivity contribution in [1.82, 2.24) is 9.55 Å². The predicted octanol–water partition coefficient (Wildman–Crippen LogP) is 4.46. The molecule has 162 valence electrons. The van der Waals surface area contributed by atoms with Gasteiger partial charge in [-0.1, -0.05) is 12.1 Å². The molecule has 7 nitrogen and oxygen atoms in total. The molecule has 2 N–H and O–H groups in total. The molecule has 1 amide bonds. The average molecular weight is 451 g/mol. The Morgan fingerprint density at radius 1 is 1.03 bits per heavy atom. The Kier molecular flexibility index (Phi) is 5.74. The molecule has 1 heterocycles. The first-order chi connectivity index (χ1) is 15.4. The number of hydrogen-bond acceptors (Lipinski definition) is 5. The van der Waals surface area contributed by atoms with Gasteiger partial charge in [0.05, 0.1) is 36.5 Å². The van der Waals surface area contributed by atoms with E-state index < -0.39 is 11.7 Å². The lowest BCUT2D eigenvalue weighted by atomic mass is 10.1. The SMILES string of the molecule is COc1ccc(-n2c(=S)[nH]c3cc(C(=O)Nc4ccccc4F)ccc3c2=O)cc1OC. The third-order valence-corrected chi connectivity index (χ3v) is 5.19. The van der Waals surface area contributed by atoms with Crippen molar-refractivity contribution in [2.75, 3.05) is 19.5 Å². The molecule has 32 heavy (non-hydrogen) atoms. The van der Waals surface area contributed by atoms with Crippen LogP contribution in [-0.2, 0) is 0 Å². The van der Waals surface area contributed by atoms with Gasteiger partial charge in [-0.05, 0) is 54.7 Å². The van der Waals surface area contributed by atoms with E-state index in [0.717, 1.165) is 0 Å². The lowest BCUT2D eigenvalue weighted by molar-refractivity contribution is 0.102. The van der Waals surface area contributed by atoms with E-state index >= 15 is 0 Å². The quantitative estimate of drug-likeness (QED) is 0.438. The van der Waals surface area contributed by atoms with Gasteiger partial charge in [-0.25, -0.2) is 4.39 Å². The third kappa shape index (κ3) is 3.85. The number of carbonyl (C=O) groups excluding carboxylic acids is 1. The molecule has 0 aliphatic carbocycles. The molecule has 3 aromatic carbocycles. The highest BCUT2D eigenvalue weighted by molar-refractivity contribution is 7.71. The van der Waals surface area contributed by atoms with Crippen LogP contribution in [0.15, 0.2) is 65.5 Å². The number of hydrogen-bond donors (Lipinski definition) is 2. The molecule has 9 heteroatoms. The summed E-state index contributed by atoms with van der Waals surface area (Å²) in [6.45, 7) is 0. The van der Waals surface area contributed by atoms with Gasteiger partial charge in [0.25, 0.3) is 11.5 Å². The molecule has 0 aliphatic heterocycles. The van der Waals surface area contributed by atoms with Gasteiger partial charge >= 0.3 is 0 Å². The number of halogens is 1. The van der Waals surface area contributed by atoms with Gasteiger partial charge in [-0.15, -0.1) is 0 Å². The number of methoxy groups -OCH3 is 2. The average Bonchev–Trinajstić information content (AvgIpc) is 2.80. The van der Waals surface area contributed by atoms with E-state index in [4.69, 9.17) is 21.7 Å². The third-order valence-electron chi connectivity index (χ3n) is 4.91. The first kappa shape index (κ1) is 21.3. The van der Waals surface area contributed by atoms with Crippen molar-refractivity contribution in [3.05, 3.63) is 87.2 Å². The second-order valence-corrected chi connectivity index (χ2v) is 7.19. The van der Waals surface area contributed by atoms with E-state index in [1.807, 2.05) is 0 Å². The lowest BCUT2D eigenvalue weighted by Gasteiger charge is -2.12. The molecule has 0 atom stereocenters. The molecule has 0 saturated carbocycles. The summed E-state index contributed by atoms with van der Waals surface area (Å²) in [5.41, 5.74) is 0.830. The largest absolute Gasteiger partial charge is 0.493 e. The topological polar surface area (TPSA) is 85.4 Å². The molecule has 1 aromatic heterocycles. The molecular weight excluding hydrogens is 433 g/mol. The van der Waals surface area contributed by atoms with Gasteiger partial charge in [0, 0.05) is 11.6 Å². The maximum absolute atomic E-state index is 13.8. The smallest absolute Gasteiger partial charge is 0.266 e. The second kappa shape index (κ2) is 8.64. The number of aromatic amines is 1. The number of ether oxygens (including phenoxy) is 2. The molecular formula is C23H18FN3O4S. The van der Waals surface area contributed by atoms with Crippen LogP contribution in [0.3, 0.4) is 0 Å². The van der Waals surface area contributed by atoms with Crippen LogP contribution in [0, 0.1) is 10.6 Å². The van der Waals surface area contributed by atoms with Crippen molar-refractivity contribution >= 4 is 34.7 Å². The monoisotopic (exact) mass is 451 g/mol. The second-order valence-electron chi connectivity index (χ2n) is 6.80.